The zero-order chi connectivity index (χ0) is 24.5. The van der Waals surface area contributed by atoms with E-state index >= 15 is 0 Å². The molecule has 0 unspecified atom stereocenters. The lowest BCUT2D eigenvalue weighted by Crippen LogP contribution is -2.10. The third-order valence-corrected chi connectivity index (χ3v) is 6.40. The molecule has 5 rings (SSSR count). The van der Waals surface area contributed by atoms with Gasteiger partial charge in [-0.1, -0.05) is 54.6 Å². The van der Waals surface area contributed by atoms with Gasteiger partial charge in [-0.15, -0.1) is 0 Å². The summed E-state index contributed by atoms with van der Waals surface area (Å²) in [6.07, 6.45) is 3.41. The van der Waals surface area contributed by atoms with Crippen molar-refractivity contribution in [1.82, 2.24) is 0 Å². The molecule has 0 radical (unpaired) electrons. The van der Waals surface area contributed by atoms with Gasteiger partial charge in [0.25, 0.3) is 0 Å². The number of hydrogen-bond donors (Lipinski definition) is 1. The molecule has 1 heterocycles. The quantitative estimate of drug-likeness (QED) is 0.270. The first-order valence-electron chi connectivity index (χ1n) is 11.6. The first-order valence-corrected chi connectivity index (χ1v) is 11.6. The van der Waals surface area contributed by atoms with Gasteiger partial charge in [0.05, 0.1) is 13.4 Å². The molecule has 0 bridgehead atoms. The summed E-state index contributed by atoms with van der Waals surface area (Å²) in [5.41, 5.74) is 7.43. The third kappa shape index (κ3) is 4.31. The van der Waals surface area contributed by atoms with Gasteiger partial charge in [-0.3, -0.25) is 4.79 Å². The van der Waals surface area contributed by atoms with Gasteiger partial charge in [-0.05, 0) is 65.9 Å². The van der Waals surface area contributed by atoms with Crippen molar-refractivity contribution in [2.24, 2.45) is 0 Å². The number of allylic oxidation sites excluding steroid dienone is 1. The predicted octanol–water partition coefficient (Wildman–Crippen LogP) is 7.92. The second-order valence-corrected chi connectivity index (χ2v) is 8.86. The van der Waals surface area contributed by atoms with Crippen molar-refractivity contribution in [3.63, 3.8) is 0 Å². The molecule has 35 heavy (non-hydrogen) atoms. The van der Waals surface area contributed by atoms with E-state index in [1.807, 2.05) is 63.2 Å². The first kappa shape index (κ1) is 22.5. The molecule has 0 saturated carbocycles. The summed E-state index contributed by atoms with van der Waals surface area (Å²) in [5, 5.41) is 6.31. The Kier molecular flexibility index (Phi) is 5.87. The maximum absolute atomic E-state index is 12.9. The average Bonchev–Trinajstić information content (AvgIpc) is 3.27. The Morgan fingerprint density at radius 2 is 1.71 bits per heavy atom. The van der Waals surface area contributed by atoms with Crippen LogP contribution < -0.4 is 10.1 Å². The zero-order valence-corrected chi connectivity index (χ0v) is 20.3. The predicted molar refractivity (Wildman–Crippen MR) is 144 cm³/mol. The fraction of sp³-hybridized carbons (Fsp3) is 0.129. The van der Waals surface area contributed by atoms with Crippen molar-refractivity contribution in [2.75, 3.05) is 12.4 Å². The molecule has 0 saturated heterocycles. The largest absolute Gasteiger partial charge is 0.496 e. The number of furan rings is 1. The normalized spacial score (nSPS) is 11.7. The highest BCUT2D eigenvalue weighted by molar-refractivity contribution is 6.07. The minimum atomic E-state index is -0.181. The van der Waals surface area contributed by atoms with Crippen LogP contribution in [0.1, 0.15) is 23.6 Å². The summed E-state index contributed by atoms with van der Waals surface area (Å²) in [4.78, 5) is 12.9. The molecule has 4 nitrogen and oxygen atoms in total. The van der Waals surface area contributed by atoms with Crippen LogP contribution in [0.3, 0.4) is 0 Å². The molecule has 1 amide bonds. The molecule has 5 aromatic rings. The number of carbonyl (C=O) groups is 1. The molecular formula is C31H27NO3. The summed E-state index contributed by atoms with van der Waals surface area (Å²) in [6.45, 7) is 5.91. The monoisotopic (exact) mass is 461 g/mol. The van der Waals surface area contributed by atoms with Crippen LogP contribution in [0.2, 0.25) is 0 Å². The van der Waals surface area contributed by atoms with Crippen LogP contribution in [-0.4, -0.2) is 13.0 Å². The lowest BCUT2D eigenvalue weighted by atomic mass is 9.96. The average molecular weight is 462 g/mol. The standard InChI is InChI=1S/C31H27NO3/c1-19-12-13-20(2)28(14-19)32-31(33)15-21(3)25-16-26-27(18-35-30(26)17-29(25)34-4)24-11-7-9-22-8-5-6-10-23(22)24/h5-18H,1-4H3,(H,32,33)/b21-15+. The Morgan fingerprint density at radius 1 is 0.914 bits per heavy atom. The maximum Gasteiger partial charge on any atom is 0.248 e. The SMILES string of the molecule is COc1cc2occ(-c3cccc4ccccc34)c2cc1/C(C)=C/C(=O)Nc1cc(C)ccc1C. The van der Waals surface area contributed by atoms with Crippen LogP contribution in [0, 0.1) is 13.8 Å². The number of anilines is 1. The van der Waals surface area contributed by atoms with Crippen LogP contribution in [0.4, 0.5) is 5.69 Å². The Hall–Kier alpha value is -4.31. The van der Waals surface area contributed by atoms with E-state index in [-0.39, 0.29) is 5.91 Å². The van der Waals surface area contributed by atoms with E-state index in [9.17, 15) is 4.79 Å². The fourth-order valence-electron chi connectivity index (χ4n) is 4.51. The van der Waals surface area contributed by atoms with E-state index in [2.05, 4.69) is 35.6 Å². The number of amides is 1. The summed E-state index contributed by atoms with van der Waals surface area (Å²) < 4.78 is 11.6. The van der Waals surface area contributed by atoms with Crippen molar-refractivity contribution in [2.45, 2.75) is 20.8 Å². The van der Waals surface area contributed by atoms with Crippen LogP contribution in [-0.2, 0) is 4.79 Å². The lowest BCUT2D eigenvalue weighted by molar-refractivity contribution is -0.111. The number of fused-ring (bicyclic) bond motifs is 2. The lowest BCUT2D eigenvalue weighted by Gasteiger charge is -2.11. The van der Waals surface area contributed by atoms with Crippen LogP contribution in [0.15, 0.2) is 89.6 Å². The Balaban J connectivity index is 1.57. The second kappa shape index (κ2) is 9.15. The van der Waals surface area contributed by atoms with Gasteiger partial charge in [0.1, 0.15) is 11.3 Å². The highest BCUT2D eigenvalue weighted by Crippen LogP contribution is 2.39. The van der Waals surface area contributed by atoms with Crippen molar-refractivity contribution in [1.29, 1.82) is 0 Å². The van der Waals surface area contributed by atoms with Gasteiger partial charge in [-0.2, -0.15) is 0 Å². The summed E-state index contributed by atoms with van der Waals surface area (Å²) in [7, 11) is 1.63. The maximum atomic E-state index is 12.9. The molecule has 1 aromatic heterocycles. The van der Waals surface area contributed by atoms with Crippen molar-refractivity contribution in [3.05, 3.63) is 102 Å². The van der Waals surface area contributed by atoms with E-state index < -0.39 is 0 Å². The van der Waals surface area contributed by atoms with Crippen LogP contribution >= 0.6 is 0 Å². The number of hydrogen-bond acceptors (Lipinski definition) is 3. The number of nitrogens with one attached hydrogen (secondary N) is 1. The minimum absolute atomic E-state index is 0.181. The molecule has 0 atom stereocenters. The van der Waals surface area contributed by atoms with Crippen molar-refractivity contribution < 1.29 is 13.9 Å². The Bertz CT molecular complexity index is 1600. The van der Waals surface area contributed by atoms with Gasteiger partial charge in [0.15, 0.2) is 0 Å². The second-order valence-electron chi connectivity index (χ2n) is 8.86. The molecule has 1 N–H and O–H groups in total. The molecule has 174 valence electrons. The summed E-state index contributed by atoms with van der Waals surface area (Å²) >= 11 is 0. The fourth-order valence-corrected chi connectivity index (χ4v) is 4.51. The minimum Gasteiger partial charge on any atom is -0.496 e. The Morgan fingerprint density at radius 3 is 2.54 bits per heavy atom. The van der Waals surface area contributed by atoms with Gasteiger partial charge in [-0.25, -0.2) is 0 Å². The number of methoxy groups -OCH3 is 1. The van der Waals surface area contributed by atoms with Crippen LogP contribution in [0.25, 0.3) is 38.4 Å². The number of rotatable bonds is 5. The smallest absolute Gasteiger partial charge is 0.248 e. The molecular weight excluding hydrogens is 434 g/mol. The number of aryl methyl sites for hydroxylation is 2. The van der Waals surface area contributed by atoms with E-state index in [0.717, 1.165) is 55.4 Å². The van der Waals surface area contributed by atoms with Crippen LogP contribution in [0.5, 0.6) is 5.75 Å². The molecule has 4 heteroatoms. The molecule has 0 fully saturated rings. The molecule has 0 spiro atoms. The molecule has 0 aliphatic rings. The topological polar surface area (TPSA) is 51.5 Å². The number of ether oxygens (including phenoxy) is 1. The first-order chi connectivity index (χ1) is 16.9. The van der Waals surface area contributed by atoms with Gasteiger partial charge in [0.2, 0.25) is 5.91 Å². The Labute approximate surface area is 204 Å². The van der Waals surface area contributed by atoms with Gasteiger partial charge < -0.3 is 14.5 Å². The highest BCUT2D eigenvalue weighted by atomic mass is 16.5. The molecule has 4 aromatic carbocycles. The highest BCUT2D eigenvalue weighted by Gasteiger charge is 2.16. The number of benzene rings is 4. The third-order valence-electron chi connectivity index (χ3n) is 6.40. The van der Waals surface area contributed by atoms with Gasteiger partial charge >= 0.3 is 0 Å². The molecule has 0 aliphatic heterocycles. The van der Waals surface area contributed by atoms with E-state index in [4.69, 9.17) is 9.15 Å². The van der Waals surface area contributed by atoms with Crippen molar-refractivity contribution >= 4 is 38.9 Å². The summed E-state index contributed by atoms with van der Waals surface area (Å²) in [6, 6.07) is 24.5. The zero-order valence-electron chi connectivity index (χ0n) is 20.3. The van der Waals surface area contributed by atoms with Crippen molar-refractivity contribution in [3.8, 4) is 16.9 Å². The number of carbonyl (C=O) groups excluding carboxylic acids is 1. The van der Waals surface area contributed by atoms with E-state index in [1.165, 1.54) is 5.39 Å². The molecule has 0 aliphatic carbocycles. The summed E-state index contributed by atoms with van der Waals surface area (Å²) in [5.74, 6) is 0.476. The van der Waals surface area contributed by atoms with E-state index in [1.54, 1.807) is 19.4 Å². The van der Waals surface area contributed by atoms with Gasteiger partial charge in [0, 0.05) is 34.3 Å². The van der Waals surface area contributed by atoms with E-state index in [0.29, 0.717) is 5.75 Å².